The molecule has 1 heterocycles. The van der Waals surface area contributed by atoms with Crippen molar-refractivity contribution in [3.05, 3.63) is 28.2 Å². The fourth-order valence-electron chi connectivity index (χ4n) is 1.45. The van der Waals surface area contributed by atoms with Crippen LogP contribution in [0.3, 0.4) is 0 Å². The summed E-state index contributed by atoms with van der Waals surface area (Å²) in [7, 11) is 0. The number of aromatic nitrogens is 2. The van der Waals surface area contributed by atoms with Gasteiger partial charge in [-0.2, -0.15) is 0 Å². The van der Waals surface area contributed by atoms with E-state index in [0.717, 1.165) is 10.8 Å². The van der Waals surface area contributed by atoms with Crippen LogP contribution in [0.1, 0.15) is 20.3 Å². The number of ether oxygens (including phenoxy) is 1. The number of benzene rings is 1. The second kappa shape index (κ2) is 8.73. The van der Waals surface area contributed by atoms with Crippen LogP contribution in [0.2, 0.25) is 10.0 Å². The summed E-state index contributed by atoms with van der Waals surface area (Å²) in [5, 5.41) is 12.4. The van der Waals surface area contributed by atoms with E-state index in [0.29, 0.717) is 26.2 Å². The highest BCUT2D eigenvalue weighted by atomic mass is 35.5. The van der Waals surface area contributed by atoms with Gasteiger partial charge in [0.2, 0.25) is 5.13 Å². The van der Waals surface area contributed by atoms with Crippen LogP contribution in [0.4, 0.5) is 5.13 Å². The molecule has 1 N–H and O–H groups in total. The number of carbonyl (C=O) groups excluding carboxylic acids is 1. The van der Waals surface area contributed by atoms with Gasteiger partial charge in [0.05, 0.1) is 5.02 Å². The zero-order valence-corrected chi connectivity index (χ0v) is 15.7. The average Bonchev–Trinajstić information content (AvgIpc) is 2.93. The molecule has 0 saturated carbocycles. The first-order chi connectivity index (χ1) is 11.0. The van der Waals surface area contributed by atoms with Gasteiger partial charge in [0.1, 0.15) is 5.75 Å². The normalized spacial score (nSPS) is 12.0. The van der Waals surface area contributed by atoms with Crippen molar-refractivity contribution in [1.29, 1.82) is 0 Å². The summed E-state index contributed by atoms with van der Waals surface area (Å²) >= 11 is 14.8. The van der Waals surface area contributed by atoms with Crippen molar-refractivity contribution in [3.63, 3.8) is 0 Å². The van der Waals surface area contributed by atoms with Gasteiger partial charge in [0, 0.05) is 10.3 Å². The van der Waals surface area contributed by atoms with Crippen LogP contribution in [0.15, 0.2) is 22.5 Å². The van der Waals surface area contributed by atoms with E-state index >= 15 is 0 Å². The van der Waals surface area contributed by atoms with Crippen molar-refractivity contribution in [2.45, 2.75) is 29.9 Å². The van der Waals surface area contributed by atoms with Crippen molar-refractivity contribution in [2.24, 2.45) is 0 Å². The van der Waals surface area contributed by atoms with E-state index in [1.807, 2.05) is 0 Å². The van der Waals surface area contributed by atoms with Gasteiger partial charge in [-0.3, -0.25) is 10.1 Å². The van der Waals surface area contributed by atoms with Crippen LogP contribution >= 0.6 is 46.3 Å². The number of halogens is 2. The predicted molar refractivity (Wildman–Crippen MR) is 96.1 cm³/mol. The van der Waals surface area contributed by atoms with Gasteiger partial charge < -0.3 is 4.74 Å². The summed E-state index contributed by atoms with van der Waals surface area (Å²) in [5.74, 6) is 0.0729. The summed E-state index contributed by atoms with van der Waals surface area (Å²) in [6.45, 7) is 4.06. The number of carbonyl (C=O) groups is 1. The minimum atomic E-state index is -0.327. The van der Waals surface area contributed by atoms with Crippen molar-refractivity contribution in [1.82, 2.24) is 10.2 Å². The first-order valence-corrected chi connectivity index (χ1v) is 9.31. The molecule has 0 aliphatic carbocycles. The fraction of sp³-hybridized carbons (Fsp3) is 0.357. The van der Waals surface area contributed by atoms with Gasteiger partial charge in [-0.25, -0.2) is 0 Å². The van der Waals surface area contributed by atoms with Gasteiger partial charge in [-0.1, -0.05) is 60.1 Å². The van der Waals surface area contributed by atoms with E-state index in [4.69, 9.17) is 27.9 Å². The number of anilines is 1. The predicted octanol–water partition coefficient (Wildman–Crippen LogP) is 4.75. The number of nitrogens with zero attached hydrogens (tertiary/aromatic N) is 2. The second-order valence-corrected chi connectivity index (χ2v) is 8.13. The molecule has 23 heavy (non-hydrogen) atoms. The summed E-state index contributed by atoms with van der Waals surface area (Å²) in [5.41, 5.74) is 0. The molecule has 1 aromatic carbocycles. The Bertz CT molecular complexity index is 682. The molecule has 0 fully saturated rings. The Labute approximate surface area is 152 Å². The zero-order valence-electron chi connectivity index (χ0n) is 12.5. The molecule has 0 saturated heterocycles. The number of hydrogen-bond acceptors (Lipinski definition) is 6. The number of thioether (sulfide) groups is 1. The molecular weight excluding hydrogens is 377 g/mol. The third-order valence-electron chi connectivity index (χ3n) is 2.78. The molecule has 9 heteroatoms. The molecule has 5 nitrogen and oxygen atoms in total. The third-order valence-corrected chi connectivity index (χ3v) is 5.50. The lowest BCUT2D eigenvalue weighted by Crippen LogP contribution is -2.20. The Morgan fingerprint density at radius 2 is 2.22 bits per heavy atom. The highest BCUT2D eigenvalue weighted by Crippen LogP contribution is 2.30. The molecule has 2 aromatic rings. The molecular formula is C14H15Cl2N3O2S2. The quantitative estimate of drug-likeness (QED) is 0.544. The summed E-state index contributed by atoms with van der Waals surface area (Å²) in [6.07, 6.45) is 1.04. The van der Waals surface area contributed by atoms with E-state index in [9.17, 15) is 4.79 Å². The fourth-order valence-corrected chi connectivity index (χ4v) is 3.93. The van der Waals surface area contributed by atoms with E-state index in [1.54, 1.807) is 30.0 Å². The number of rotatable bonds is 7. The van der Waals surface area contributed by atoms with Crippen molar-refractivity contribution >= 4 is 57.3 Å². The number of amides is 1. The molecule has 1 amide bonds. The maximum Gasteiger partial charge on any atom is 0.264 e. The summed E-state index contributed by atoms with van der Waals surface area (Å²) < 4.78 is 6.19. The Balaban J connectivity index is 1.85. The molecule has 0 bridgehead atoms. The molecule has 1 atom stereocenters. The molecule has 124 valence electrons. The lowest BCUT2D eigenvalue weighted by Gasteiger charge is -2.07. The molecule has 1 unspecified atom stereocenters. The standard InChI is InChI=1S/C14H15Cl2N3O2S2/c1-3-8(2)22-14-19-18-13(23-14)17-12(20)7-21-11-5-4-9(15)6-10(11)16/h4-6,8H,3,7H2,1-2H3,(H,17,18,20). The summed E-state index contributed by atoms with van der Waals surface area (Å²) in [6, 6.07) is 4.81. The average molecular weight is 392 g/mol. The van der Waals surface area contributed by atoms with E-state index in [2.05, 4.69) is 29.4 Å². The second-order valence-electron chi connectivity index (χ2n) is 4.62. The maximum atomic E-state index is 11.9. The van der Waals surface area contributed by atoms with Crippen LogP contribution in [-0.2, 0) is 4.79 Å². The largest absolute Gasteiger partial charge is 0.482 e. The van der Waals surface area contributed by atoms with Crippen LogP contribution in [0.5, 0.6) is 5.75 Å². The van der Waals surface area contributed by atoms with Crippen molar-refractivity contribution in [3.8, 4) is 5.75 Å². The summed E-state index contributed by atoms with van der Waals surface area (Å²) in [4.78, 5) is 11.9. The minimum absolute atomic E-state index is 0.172. The highest BCUT2D eigenvalue weighted by molar-refractivity contribution is 8.01. The van der Waals surface area contributed by atoms with E-state index < -0.39 is 0 Å². The van der Waals surface area contributed by atoms with Gasteiger partial charge in [-0.05, 0) is 24.6 Å². The van der Waals surface area contributed by atoms with Gasteiger partial charge in [0.15, 0.2) is 10.9 Å². The Hall–Kier alpha value is -1.02. The smallest absolute Gasteiger partial charge is 0.264 e. The van der Waals surface area contributed by atoms with Gasteiger partial charge in [-0.15, -0.1) is 10.2 Å². The SMILES string of the molecule is CCC(C)Sc1nnc(NC(=O)COc2ccc(Cl)cc2Cl)s1. The zero-order chi connectivity index (χ0) is 16.8. The Morgan fingerprint density at radius 3 is 2.91 bits per heavy atom. The molecule has 0 spiro atoms. The van der Waals surface area contributed by atoms with Crippen LogP contribution in [0, 0.1) is 0 Å². The van der Waals surface area contributed by atoms with Crippen LogP contribution in [0.25, 0.3) is 0 Å². The monoisotopic (exact) mass is 391 g/mol. The van der Waals surface area contributed by atoms with Crippen molar-refractivity contribution in [2.75, 3.05) is 11.9 Å². The number of hydrogen-bond donors (Lipinski definition) is 1. The molecule has 0 aliphatic rings. The first-order valence-electron chi connectivity index (χ1n) is 6.85. The Kier molecular flexibility index (Phi) is 6.95. The number of nitrogens with one attached hydrogen (secondary N) is 1. The van der Waals surface area contributed by atoms with Crippen molar-refractivity contribution < 1.29 is 9.53 Å². The molecule has 0 aliphatic heterocycles. The first kappa shape index (κ1) is 18.3. The lowest BCUT2D eigenvalue weighted by molar-refractivity contribution is -0.118. The van der Waals surface area contributed by atoms with Crippen LogP contribution in [-0.4, -0.2) is 28.0 Å². The minimum Gasteiger partial charge on any atom is -0.482 e. The highest BCUT2D eigenvalue weighted by Gasteiger charge is 2.12. The maximum absolute atomic E-state index is 11.9. The molecule has 1 aromatic heterocycles. The van der Waals surface area contributed by atoms with Crippen LogP contribution < -0.4 is 10.1 Å². The third kappa shape index (κ3) is 5.84. The van der Waals surface area contributed by atoms with E-state index in [-0.39, 0.29) is 12.5 Å². The molecule has 2 rings (SSSR count). The lowest BCUT2D eigenvalue weighted by atomic mass is 10.3. The van der Waals surface area contributed by atoms with E-state index in [1.165, 1.54) is 11.3 Å². The Morgan fingerprint density at radius 1 is 1.43 bits per heavy atom. The van der Waals surface area contributed by atoms with Gasteiger partial charge >= 0.3 is 0 Å². The topological polar surface area (TPSA) is 64.1 Å². The van der Waals surface area contributed by atoms with Gasteiger partial charge in [0.25, 0.3) is 5.91 Å². The molecule has 0 radical (unpaired) electrons.